The third kappa shape index (κ3) is 4.64. The second kappa shape index (κ2) is 9.72. The molecule has 166 valence electrons. The zero-order chi connectivity index (χ0) is 22.7. The van der Waals surface area contributed by atoms with Crippen molar-refractivity contribution in [2.24, 2.45) is 0 Å². The van der Waals surface area contributed by atoms with E-state index in [0.717, 1.165) is 22.2 Å². The van der Waals surface area contributed by atoms with Crippen LogP contribution >= 0.6 is 23.4 Å². The molecule has 0 spiro atoms. The van der Waals surface area contributed by atoms with E-state index in [1.165, 1.54) is 11.8 Å². The zero-order valence-electron chi connectivity index (χ0n) is 18.2. The lowest BCUT2D eigenvalue weighted by atomic mass is 10.2. The second-order valence-corrected chi connectivity index (χ2v) is 8.67. The maximum absolute atomic E-state index is 6.09. The Morgan fingerprint density at radius 3 is 2.59 bits per heavy atom. The molecule has 0 aliphatic rings. The van der Waals surface area contributed by atoms with Crippen molar-refractivity contribution >= 4 is 23.4 Å². The van der Waals surface area contributed by atoms with Crippen molar-refractivity contribution in [3.05, 3.63) is 65.3 Å². The molecule has 0 radical (unpaired) electrons. The third-order valence-corrected chi connectivity index (χ3v) is 6.20. The van der Waals surface area contributed by atoms with Gasteiger partial charge in [0.05, 0.1) is 24.5 Å². The molecule has 10 heteroatoms. The van der Waals surface area contributed by atoms with E-state index in [4.69, 9.17) is 20.9 Å². The molecule has 4 rings (SSSR count). The zero-order valence-corrected chi connectivity index (χ0v) is 19.8. The molecule has 0 fully saturated rings. The first-order valence-electron chi connectivity index (χ1n) is 9.94. The van der Waals surface area contributed by atoms with Gasteiger partial charge in [-0.25, -0.2) is 0 Å². The topological polar surface area (TPSA) is 82.1 Å². The molecule has 8 nitrogen and oxygen atoms in total. The molecular formula is C22H23ClN6O2S. The summed E-state index contributed by atoms with van der Waals surface area (Å²) in [6, 6.07) is 15.2. The van der Waals surface area contributed by atoms with E-state index >= 15 is 0 Å². The second-order valence-electron chi connectivity index (χ2n) is 7.29. The van der Waals surface area contributed by atoms with E-state index in [1.807, 2.05) is 67.2 Å². The van der Waals surface area contributed by atoms with Gasteiger partial charge in [0.1, 0.15) is 5.75 Å². The van der Waals surface area contributed by atoms with Gasteiger partial charge in [0.2, 0.25) is 11.7 Å². The lowest BCUT2D eigenvalue weighted by Gasteiger charge is -2.20. The molecule has 4 aromatic rings. The van der Waals surface area contributed by atoms with Gasteiger partial charge < -0.3 is 9.26 Å². The van der Waals surface area contributed by atoms with Crippen LogP contribution in [0.15, 0.2) is 58.2 Å². The van der Waals surface area contributed by atoms with Crippen molar-refractivity contribution in [1.82, 2.24) is 29.8 Å². The van der Waals surface area contributed by atoms with Crippen LogP contribution in [0, 0.1) is 0 Å². The summed E-state index contributed by atoms with van der Waals surface area (Å²) < 4.78 is 12.9. The number of nitrogens with zero attached hydrogens (tertiary/aromatic N) is 6. The van der Waals surface area contributed by atoms with Crippen LogP contribution < -0.4 is 4.74 Å². The first-order valence-corrected chi connectivity index (χ1v) is 11.3. The molecule has 2 aromatic heterocycles. The molecule has 0 unspecified atom stereocenters. The molecule has 1 atom stereocenters. The molecule has 0 amide bonds. The molecule has 0 saturated heterocycles. The van der Waals surface area contributed by atoms with Crippen LogP contribution in [-0.4, -0.2) is 51.0 Å². The van der Waals surface area contributed by atoms with Crippen molar-refractivity contribution in [2.75, 3.05) is 21.2 Å². The number of methoxy groups -OCH3 is 1. The summed E-state index contributed by atoms with van der Waals surface area (Å²) in [6.07, 6.45) is 0. The van der Waals surface area contributed by atoms with Crippen molar-refractivity contribution < 1.29 is 9.26 Å². The minimum Gasteiger partial charge on any atom is -0.496 e. The highest BCUT2D eigenvalue weighted by atomic mass is 35.5. The normalized spacial score (nSPS) is 12.3. The average Bonchev–Trinajstić information content (AvgIpc) is 3.45. The van der Waals surface area contributed by atoms with Gasteiger partial charge in [0.15, 0.2) is 11.0 Å². The van der Waals surface area contributed by atoms with Gasteiger partial charge >= 0.3 is 0 Å². The maximum atomic E-state index is 6.09. The fraction of sp³-hybridized carbons (Fsp3) is 0.273. The molecule has 0 bridgehead atoms. The number of benzene rings is 2. The smallest absolute Gasteiger partial charge is 0.237 e. The number of aromatic nitrogens is 5. The van der Waals surface area contributed by atoms with Crippen molar-refractivity contribution in [3.63, 3.8) is 0 Å². The van der Waals surface area contributed by atoms with E-state index in [0.29, 0.717) is 28.2 Å². The number of hydrogen-bond acceptors (Lipinski definition) is 8. The van der Waals surface area contributed by atoms with E-state index in [9.17, 15) is 0 Å². The van der Waals surface area contributed by atoms with Gasteiger partial charge in [-0.05, 0) is 57.4 Å². The Bertz CT molecular complexity index is 1190. The Balaban J connectivity index is 1.60. The average molecular weight is 471 g/mol. The van der Waals surface area contributed by atoms with E-state index in [-0.39, 0.29) is 6.04 Å². The first-order chi connectivity index (χ1) is 15.5. The summed E-state index contributed by atoms with van der Waals surface area (Å²) in [6.45, 7) is 2.09. The van der Waals surface area contributed by atoms with Gasteiger partial charge in [0, 0.05) is 10.7 Å². The van der Waals surface area contributed by atoms with Gasteiger partial charge in [0.25, 0.3) is 0 Å². The summed E-state index contributed by atoms with van der Waals surface area (Å²) in [5, 5.41) is 14.4. The molecule has 2 aromatic carbocycles. The fourth-order valence-corrected chi connectivity index (χ4v) is 4.01. The van der Waals surface area contributed by atoms with E-state index in [2.05, 4.69) is 32.2 Å². The van der Waals surface area contributed by atoms with Crippen LogP contribution in [0.1, 0.15) is 24.7 Å². The highest BCUT2D eigenvalue weighted by Gasteiger charge is 2.22. The number of rotatable bonds is 8. The molecule has 0 aliphatic carbocycles. The van der Waals surface area contributed by atoms with Gasteiger partial charge in [-0.15, -0.1) is 10.2 Å². The maximum Gasteiger partial charge on any atom is 0.237 e. The van der Waals surface area contributed by atoms with Crippen LogP contribution in [0.25, 0.3) is 17.1 Å². The van der Waals surface area contributed by atoms with Gasteiger partial charge in [-0.1, -0.05) is 40.7 Å². The monoisotopic (exact) mass is 470 g/mol. The summed E-state index contributed by atoms with van der Waals surface area (Å²) in [5.74, 6) is 2.95. The van der Waals surface area contributed by atoms with Crippen LogP contribution in [0.3, 0.4) is 0 Å². The number of hydrogen-bond donors (Lipinski definition) is 0. The minimum atomic E-state index is 0.0630. The molecule has 0 saturated carbocycles. The van der Waals surface area contributed by atoms with Crippen molar-refractivity contribution in [1.29, 1.82) is 0 Å². The molecule has 0 aliphatic heterocycles. The molecular weight excluding hydrogens is 448 g/mol. The van der Waals surface area contributed by atoms with Gasteiger partial charge in [-0.3, -0.25) is 9.47 Å². The van der Waals surface area contributed by atoms with Crippen molar-refractivity contribution in [3.8, 4) is 22.8 Å². The first kappa shape index (κ1) is 22.3. The minimum absolute atomic E-state index is 0.0630. The fourth-order valence-electron chi connectivity index (χ4n) is 3.09. The Morgan fingerprint density at radius 1 is 1.12 bits per heavy atom. The Morgan fingerprint density at radius 2 is 1.88 bits per heavy atom. The third-order valence-electron chi connectivity index (χ3n) is 5.03. The summed E-state index contributed by atoms with van der Waals surface area (Å²) in [7, 11) is 5.64. The Hall–Kier alpha value is -2.88. The standard InChI is InChI=1S/C22H23ClN6O2S/c1-14(28(2)3)21-25-26-22(29(21)16-11-9-15(23)10-12-16)32-13-19-24-20(27-31-19)17-7-5-6-8-18(17)30-4/h5-12,14H,13H2,1-4H3/t14-/m0/s1. The predicted molar refractivity (Wildman–Crippen MR) is 124 cm³/mol. The summed E-state index contributed by atoms with van der Waals surface area (Å²) >= 11 is 7.57. The van der Waals surface area contributed by atoms with E-state index < -0.39 is 0 Å². The van der Waals surface area contributed by atoms with Crippen LogP contribution in [-0.2, 0) is 5.75 Å². The Kier molecular flexibility index (Phi) is 6.78. The highest BCUT2D eigenvalue weighted by molar-refractivity contribution is 7.98. The van der Waals surface area contributed by atoms with Crippen LogP contribution in [0.5, 0.6) is 5.75 Å². The summed E-state index contributed by atoms with van der Waals surface area (Å²) in [5.41, 5.74) is 1.72. The number of thioether (sulfide) groups is 1. The summed E-state index contributed by atoms with van der Waals surface area (Å²) in [4.78, 5) is 6.61. The Labute approximate surface area is 195 Å². The predicted octanol–water partition coefficient (Wildman–Crippen LogP) is 4.89. The van der Waals surface area contributed by atoms with Crippen LogP contribution in [0.2, 0.25) is 5.02 Å². The lowest BCUT2D eigenvalue weighted by Crippen LogP contribution is -2.20. The molecule has 2 heterocycles. The molecule has 32 heavy (non-hydrogen) atoms. The van der Waals surface area contributed by atoms with Crippen LogP contribution in [0.4, 0.5) is 0 Å². The van der Waals surface area contributed by atoms with Gasteiger partial charge in [-0.2, -0.15) is 4.98 Å². The number of ether oxygens (including phenoxy) is 1. The van der Waals surface area contributed by atoms with E-state index in [1.54, 1.807) is 7.11 Å². The molecule has 0 N–H and O–H groups in total. The highest BCUT2D eigenvalue weighted by Crippen LogP contribution is 2.31. The van der Waals surface area contributed by atoms with Crippen molar-refractivity contribution in [2.45, 2.75) is 23.9 Å². The SMILES string of the molecule is COc1ccccc1-c1noc(CSc2nnc([C@H](C)N(C)C)n2-c2ccc(Cl)cc2)n1. The quantitative estimate of drug-likeness (QED) is 0.336. The number of halogens is 1. The largest absolute Gasteiger partial charge is 0.496 e. The number of para-hydroxylation sites is 1. The lowest BCUT2D eigenvalue weighted by molar-refractivity contribution is 0.305.